The van der Waals surface area contributed by atoms with Gasteiger partial charge in [-0.3, -0.25) is 4.98 Å². The van der Waals surface area contributed by atoms with Crippen molar-refractivity contribution in [3.05, 3.63) is 69.5 Å². The Labute approximate surface area is 262 Å². The van der Waals surface area contributed by atoms with Gasteiger partial charge in [-0.2, -0.15) is 0 Å². The van der Waals surface area contributed by atoms with Crippen LogP contribution in [0.25, 0.3) is 5.57 Å². The lowest BCUT2D eigenvalue weighted by Gasteiger charge is -2.45. The molecule has 0 radical (unpaired) electrons. The van der Waals surface area contributed by atoms with Gasteiger partial charge in [0.15, 0.2) is 8.32 Å². The van der Waals surface area contributed by atoms with Crippen LogP contribution in [0.1, 0.15) is 151 Å². The molecule has 2 aromatic rings. The molecule has 1 aromatic carbocycles. The minimum atomic E-state index is -2.09. The van der Waals surface area contributed by atoms with Gasteiger partial charge in [0.05, 0.1) is 11.8 Å². The van der Waals surface area contributed by atoms with Crippen LogP contribution < -0.4 is 0 Å². The lowest BCUT2D eigenvalue weighted by Crippen LogP contribution is -2.44. The van der Waals surface area contributed by atoms with Crippen LogP contribution in [0.4, 0.5) is 0 Å². The fourth-order valence-corrected chi connectivity index (χ4v) is 8.33. The first kappa shape index (κ1) is 32.6. The van der Waals surface area contributed by atoms with Crippen LogP contribution >= 0.6 is 0 Å². The molecular weight excluding hydrogens is 547 g/mol. The molecule has 0 unspecified atom stereocenters. The highest BCUT2D eigenvalue weighted by Crippen LogP contribution is 2.52. The van der Waals surface area contributed by atoms with Gasteiger partial charge in [0.2, 0.25) is 0 Å². The normalized spacial score (nSPS) is 22.3. The lowest BCUT2D eigenvalue weighted by molar-refractivity contribution is 0.0828. The second kappa shape index (κ2) is 11.9. The van der Waals surface area contributed by atoms with E-state index in [-0.39, 0.29) is 27.9 Å². The number of ether oxygens (including phenoxy) is 1. The molecule has 1 N–H and O–H groups in total. The quantitative estimate of drug-likeness (QED) is 0.334. The van der Waals surface area contributed by atoms with Crippen molar-refractivity contribution in [2.75, 3.05) is 13.2 Å². The summed E-state index contributed by atoms with van der Waals surface area (Å²) in [5, 5.41) is 12.6. The van der Waals surface area contributed by atoms with E-state index in [9.17, 15) is 5.11 Å². The number of aliphatic hydroxyl groups excluding tert-OH is 1. The van der Waals surface area contributed by atoms with Gasteiger partial charge in [-0.05, 0) is 96.2 Å². The van der Waals surface area contributed by atoms with Gasteiger partial charge in [0.1, 0.15) is 6.10 Å². The molecule has 1 aliphatic heterocycles. The summed E-state index contributed by atoms with van der Waals surface area (Å²) in [6, 6.07) is 8.66. The molecule has 2 atom stereocenters. The predicted octanol–water partition coefficient (Wildman–Crippen LogP) is 9.96. The largest absolute Gasteiger partial charge is 0.410 e. The molecule has 3 aliphatic rings. The molecule has 1 fully saturated rings. The summed E-state index contributed by atoms with van der Waals surface area (Å²) in [5.41, 5.74) is 9.62. The Morgan fingerprint density at radius 2 is 1.67 bits per heavy atom. The van der Waals surface area contributed by atoms with Crippen molar-refractivity contribution in [1.82, 2.24) is 4.98 Å². The van der Waals surface area contributed by atoms with E-state index in [0.717, 1.165) is 75.0 Å². The van der Waals surface area contributed by atoms with E-state index in [0.29, 0.717) is 0 Å². The number of rotatable bonds is 6. The Morgan fingerprint density at radius 1 is 1.02 bits per heavy atom. The highest BCUT2D eigenvalue weighted by atomic mass is 28.4. The van der Waals surface area contributed by atoms with Gasteiger partial charge in [-0.25, -0.2) is 0 Å². The van der Waals surface area contributed by atoms with Crippen LogP contribution in [-0.2, 0) is 21.0 Å². The Hall–Kier alpha value is -1.79. The maximum Gasteiger partial charge on any atom is 0.192 e. The summed E-state index contributed by atoms with van der Waals surface area (Å²) in [7, 11) is -2.09. The summed E-state index contributed by atoms with van der Waals surface area (Å²) < 4.78 is 13.2. The molecule has 1 saturated heterocycles. The summed E-state index contributed by atoms with van der Waals surface area (Å²) in [5.74, 6) is 0.281. The van der Waals surface area contributed by atoms with E-state index < -0.39 is 14.4 Å². The monoisotopic (exact) mass is 603 g/mol. The maximum atomic E-state index is 12.5. The number of nitrogens with zero attached hydrogens (tertiary/aromatic N) is 1. The van der Waals surface area contributed by atoms with Gasteiger partial charge in [-0.1, -0.05) is 85.7 Å². The van der Waals surface area contributed by atoms with Crippen molar-refractivity contribution < 1.29 is 14.3 Å². The Kier molecular flexibility index (Phi) is 8.99. The number of hydrogen-bond acceptors (Lipinski definition) is 4. The summed E-state index contributed by atoms with van der Waals surface area (Å²) in [4.78, 5) is 5.60. The molecule has 1 aromatic heterocycles. The van der Waals surface area contributed by atoms with Gasteiger partial charge in [-0.15, -0.1) is 0 Å². The number of allylic oxidation sites excluding steroid dienone is 2. The zero-order valence-electron chi connectivity index (χ0n) is 28.7. The van der Waals surface area contributed by atoms with Crippen molar-refractivity contribution in [2.24, 2.45) is 5.41 Å². The average molecular weight is 604 g/mol. The summed E-state index contributed by atoms with van der Waals surface area (Å²) in [6.45, 7) is 24.7. The molecule has 5 rings (SSSR count). The molecule has 0 bridgehead atoms. The third-order valence-electron chi connectivity index (χ3n) is 10.7. The smallest absolute Gasteiger partial charge is 0.192 e. The third kappa shape index (κ3) is 6.76. The molecule has 0 saturated carbocycles. The highest BCUT2D eigenvalue weighted by Gasteiger charge is 2.45. The van der Waals surface area contributed by atoms with Crippen LogP contribution in [-0.4, -0.2) is 31.6 Å². The topological polar surface area (TPSA) is 51.6 Å². The molecule has 5 heteroatoms. The molecule has 2 aliphatic carbocycles. The molecule has 236 valence electrons. The van der Waals surface area contributed by atoms with Crippen LogP contribution in [0.15, 0.2) is 30.3 Å². The van der Waals surface area contributed by atoms with Crippen LogP contribution in [0.3, 0.4) is 0 Å². The molecular formula is C38H57NO3Si. The van der Waals surface area contributed by atoms with Crippen LogP contribution in [0.5, 0.6) is 0 Å². The first-order chi connectivity index (χ1) is 20.0. The molecule has 0 amide bonds. The number of benzene rings is 1. The second-order valence-electron chi connectivity index (χ2n) is 16.8. The third-order valence-corrected chi connectivity index (χ3v) is 15.2. The van der Waals surface area contributed by atoms with Crippen molar-refractivity contribution in [2.45, 2.75) is 142 Å². The zero-order valence-corrected chi connectivity index (χ0v) is 29.7. The van der Waals surface area contributed by atoms with E-state index in [1.54, 1.807) is 0 Å². The van der Waals surface area contributed by atoms with Crippen molar-refractivity contribution >= 4 is 13.9 Å². The van der Waals surface area contributed by atoms with E-state index in [1.807, 2.05) is 0 Å². The minimum absolute atomic E-state index is 0.0263. The first-order valence-corrected chi connectivity index (χ1v) is 19.7. The van der Waals surface area contributed by atoms with Gasteiger partial charge in [0.25, 0.3) is 0 Å². The van der Waals surface area contributed by atoms with Crippen LogP contribution in [0.2, 0.25) is 18.1 Å². The van der Waals surface area contributed by atoms with Crippen molar-refractivity contribution in [3.8, 4) is 0 Å². The molecule has 4 nitrogen and oxygen atoms in total. The van der Waals surface area contributed by atoms with E-state index in [2.05, 4.69) is 98.8 Å². The Balaban J connectivity index is 1.76. The van der Waals surface area contributed by atoms with Gasteiger partial charge in [0, 0.05) is 36.0 Å². The van der Waals surface area contributed by atoms with Crippen molar-refractivity contribution in [3.63, 3.8) is 0 Å². The molecule has 0 spiro atoms. The van der Waals surface area contributed by atoms with E-state index >= 15 is 0 Å². The van der Waals surface area contributed by atoms with Crippen LogP contribution in [0, 0.1) is 5.41 Å². The number of fused-ring (bicyclic) bond motifs is 1. The molecule has 2 heterocycles. The number of hydrogen-bond donors (Lipinski definition) is 1. The number of aliphatic hydroxyl groups is 1. The standard InChI is InChI=1S/C38H57NO3Si/c1-36(2,3)28-17-15-27(16-18-28)35(40)33-31(25-13-11-12-14-25)32-29(39-34(33)26-19-21-41-22-20-26)23-38(7,8)24-30(32)42-43(9,10)37(4,5)6/h13,15-18,26,30,35,40H,11-12,14,19-24H2,1-10H3/t30-,35+/m0/s1. The van der Waals surface area contributed by atoms with Gasteiger partial charge < -0.3 is 14.3 Å². The lowest BCUT2D eigenvalue weighted by atomic mass is 9.71. The summed E-state index contributed by atoms with van der Waals surface area (Å²) >= 11 is 0. The first-order valence-electron chi connectivity index (χ1n) is 16.8. The number of pyridine rings is 1. The number of aromatic nitrogens is 1. The predicted molar refractivity (Wildman–Crippen MR) is 181 cm³/mol. The fraction of sp³-hybridized carbons (Fsp3) is 0.658. The minimum Gasteiger partial charge on any atom is -0.410 e. The Morgan fingerprint density at radius 3 is 2.23 bits per heavy atom. The van der Waals surface area contributed by atoms with Crippen molar-refractivity contribution in [1.29, 1.82) is 0 Å². The summed E-state index contributed by atoms with van der Waals surface area (Å²) in [6.07, 6.45) is 8.76. The van der Waals surface area contributed by atoms with Gasteiger partial charge >= 0.3 is 0 Å². The fourth-order valence-electron chi connectivity index (χ4n) is 7.06. The zero-order chi connectivity index (χ0) is 31.4. The highest BCUT2D eigenvalue weighted by molar-refractivity contribution is 6.74. The SMILES string of the molecule is CC1(C)Cc2nc(C3CCOCC3)c([C@H](O)c3ccc(C(C)(C)C)cc3)c(C3=CCCC3)c2[C@@H](O[Si](C)(C)C(C)(C)C)C1. The average Bonchev–Trinajstić information content (AvgIpc) is 3.45. The molecule has 43 heavy (non-hydrogen) atoms. The van der Waals surface area contributed by atoms with E-state index in [4.69, 9.17) is 14.1 Å². The van der Waals surface area contributed by atoms with E-state index in [1.165, 1.54) is 28.0 Å². The Bertz CT molecular complexity index is 1340. The second-order valence-corrected chi connectivity index (χ2v) is 21.6. The maximum absolute atomic E-state index is 12.5.